The van der Waals surface area contributed by atoms with Gasteiger partial charge in [0, 0.05) is 19.6 Å². The van der Waals surface area contributed by atoms with Gasteiger partial charge in [0.1, 0.15) is 0 Å². The van der Waals surface area contributed by atoms with Gasteiger partial charge in [0.2, 0.25) is 5.91 Å². The maximum Gasteiger partial charge on any atom is 0.223 e. The fourth-order valence-electron chi connectivity index (χ4n) is 2.07. The van der Waals surface area contributed by atoms with Gasteiger partial charge < -0.3 is 15.8 Å². The Morgan fingerprint density at radius 3 is 3.00 bits per heavy atom. The second kappa shape index (κ2) is 5.98. The molecule has 0 radical (unpaired) electrons. The van der Waals surface area contributed by atoms with E-state index in [1.54, 1.807) is 7.11 Å². The van der Waals surface area contributed by atoms with Crippen molar-refractivity contribution in [3.05, 3.63) is 0 Å². The van der Waals surface area contributed by atoms with Crippen LogP contribution in [0.5, 0.6) is 0 Å². The van der Waals surface area contributed by atoms with Gasteiger partial charge in [-0.15, -0.1) is 0 Å². The molecule has 0 heterocycles. The average Bonchev–Trinajstić information content (AvgIpc) is 2.65. The highest BCUT2D eigenvalue weighted by Crippen LogP contribution is 2.30. The van der Waals surface area contributed by atoms with Gasteiger partial charge in [0.05, 0.1) is 6.61 Å². The number of hydrogen-bond acceptors (Lipinski definition) is 3. The number of carbonyl (C=O) groups is 1. The second-order valence-electron chi connectivity index (χ2n) is 3.82. The predicted octanol–water partition coefficient (Wildman–Crippen LogP) is 0.124. The second-order valence-corrected chi connectivity index (χ2v) is 3.82. The molecule has 0 unspecified atom stereocenters. The maximum atomic E-state index is 11.7. The first kappa shape index (κ1) is 11.5. The molecule has 3 N–H and O–H groups in total. The van der Waals surface area contributed by atoms with E-state index in [-0.39, 0.29) is 11.8 Å². The Morgan fingerprint density at radius 1 is 1.57 bits per heavy atom. The minimum Gasteiger partial charge on any atom is -0.383 e. The first-order chi connectivity index (χ1) is 6.79. The van der Waals surface area contributed by atoms with Gasteiger partial charge in [0.25, 0.3) is 0 Å². The molecule has 0 spiro atoms. The molecule has 4 nitrogen and oxygen atoms in total. The number of carbonyl (C=O) groups excluding carboxylic acids is 1. The Labute approximate surface area is 85.2 Å². The van der Waals surface area contributed by atoms with Crippen LogP contribution in [0.1, 0.15) is 19.3 Å². The minimum atomic E-state index is 0.136. The Hall–Kier alpha value is -0.610. The summed E-state index contributed by atoms with van der Waals surface area (Å²) in [5.74, 6) is 0.671. The molecule has 2 atom stereocenters. The molecular weight excluding hydrogens is 180 g/mol. The lowest BCUT2D eigenvalue weighted by Crippen LogP contribution is -2.36. The summed E-state index contributed by atoms with van der Waals surface area (Å²) < 4.78 is 4.87. The predicted molar refractivity (Wildman–Crippen MR) is 54.8 cm³/mol. The number of amides is 1. The smallest absolute Gasteiger partial charge is 0.223 e. The molecule has 0 aromatic carbocycles. The molecule has 4 heteroatoms. The Bertz CT molecular complexity index is 185. The van der Waals surface area contributed by atoms with E-state index in [9.17, 15) is 4.79 Å². The topological polar surface area (TPSA) is 64.3 Å². The van der Waals surface area contributed by atoms with Crippen LogP contribution in [0.2, 0.25) is 0 Å². The average molecular weight is 200 g/mol. The summed E-state index contributed by atoms with van der Waals surface area (Å²) in [5.41, 5.74) is 5.61. The van der Waals surface area contributed by atoms with E-state index in [0.717, 1.165) is 19.3 Å². The van der Waals surface area contributed by atoms with Gasteiger partial charge in [0.15, 0.2) is 0 Å². The van der Waals surface area contributed by atoms with Crippen LogP contribution >= 0.6 is 0 Å². The van der Waals surface area contributed by atoms with Crippen molar-refractivity contribution in [2.45, 2.75) is 19.3 Å². The van der Waals surface area contributed by atoms with Crippen molar-refractivity contribution in [1.82, 2.24) is 5.32 Å². The van der Waals surface area contributed by atoms with Gasteiger partial charge in [-0.05, 0) is 25.3 Å². The number of nitrogens with one attached hydrogen (secondary N) is 1. The SMILES string of the molecule is COCCNC(=O)[C@@H]1CCC[C@@H]1CN. The molecule has 0 bridgehead atoms. The van der Waals surface area contributed by atoms with Gasteiger partial charge in [-0.2, -0.15) is 0 Å². The van der Waals surface area contributed by atoms with Crippen molar-refractivity contribution in [3.63, 3.8) is 0 Å². The molecular formula is C10H20N2O2. The fourth-order valence-corrected chi connectivity index (χ4v) is 2.07. The highest BCUT2D eigenvalue weighted by molar-refractivity contribution is 5.79. The quantitative estimate of drug-likeness (QED) is 0.620. The van der Waals surface area contributed by atoms with Crippen molar-refractivity contribution >= 4 is 5.91 Å². The third-order valence-corrected chi connectivity index (χ3v) is 2.90. The standard InChI is InChI=1S/C10H20N2O2/c1-14-6-5-12-10(13)9-4-2-3-8(9)7-11/h8-9H,2-7,11H2,1H3,(H,12,13)/t8-,9-/m1/s1. The summed E-state index contributed by atoms with van der Waals surface area (Å²) in [6, 6.07) is 0. The van der Waals surface area contributed by atoms with E-state index in [2.05, 4.69) is 5.32 Å². The number of rotatable bonds is 5. The zero-order valence-corrected chi connectivity index (χ0v) is 8.79. The Balaban J connectivity index is 2.28. The molecule has 1 saturated carbocycles. The van der Waals surface area contributed by atoms with Crippen LogP contribution in [-0.4, -0.2) is 32.7 Å². The van der Waals surface area contributed by atoms with Crippen LogP contribution < -0.4 is 11.1 Å². The van der Waals surface area contributed by atoms with E-state index >= 15 is 0 Å². The van der Waals surface area contributed by atoms with Crippen molar-refractivity contribution < 1.29 is 9.53 Å². The van der Waals surface area contributed by atoms with E-state index < -0.39 is 0 Å². The molecule has 82 valence electrons. The summed E-state index contributed by atoms with van der Waals surface area (Å²) in [6.07, 6.45) is 3.21. The molecule has 14 heavy (non-hydrogen) atoms. The minimum absolute atomic E-state index is 0.136. The molecule has 1 aliphatic rings. The summed E-state index contributed by atoms with van der Waals surface area (Å²) >= 11 is 0. The van der Waals surface area contributed by atoms with Crippen LogP contribution in [0.4, 0.5) is 0 Å². The van der Waals surface area contributed by atoms with Gasteiger partial charge in [-0.1, -0.05) is 6.42 Å². The monoisotopic (exact) mass is 200 g/mol. The van der Waals surface area contributed by atoms with Gasteiger partial charge in [-0.25, -0.2) is 0 Å². The highest BCUT2D eigenvalue weighted by Gasteiger charge is 2.31. The van der Waals surface area contributed by atoms with Crippen LogP contribution in [0.25, 0.3) is 0 Å². The summed E-state index contributed by atoms with van der Waals surface area (Å²) in [6.45, 7) is 1.80. The molecule has 1 rings (SSSR count). The normalized spacial score (nSPS) is 26.4. The van der Waals surface area contributed by atoms with Gasteiger partial charge in [-0.3, -0.25) is 4.79 Å². The van der Waals surface area contributed by atoms with Crippen LogP contribution in [-0.2, 0) is 9.53 Å². The van der Waals surface area contributed by atoms with Crippen LogP contribution in [0.3, 0.4) is 0 Å². The molecule has 1 fully saturated rings. The van der Waals surface area contributed by atoms with Crippen molar-refractivity contribution in [2.24, 2.45) is 17.6 Å². The van der Waals surface area contributed by atoms with Gasteiger partial charge >= 0.3 is 0 Å². The van der Waals surface area contributed by atoms with E-state index in [4.69, 9.17) is 10.5 Å². The summed E-state index contributed by atoms with van der Waals surface area (Å²) in [7, 11) is 1.63. The number of methoxy groups -OCH3 is 1. The largest absolute Gasteiger partial charge is 0.383 e. The number of ether oxygens (including phenoxy) is 1. The first-order valence-electron chi connectivity index (χ1n) is 5.26. The van der Waals surface area contributed by atoms with Crippen LogP contribution in [0.15, 0.2) is 0 Å². The number of hydrogen-bond donors (Lipinski definition) is 2. The lowest BCUT2D eigenvalue weighted by atomic mass is 9.95. The lowest BCUT2D eigenvalue weighted by Gasteiger charge is -2.17. The molecule has 0 aliphatic heterocycles. The van der Waals surface area contributed by atoms with E-state index in [1.807, 2.05) is 0 Å². The first-order valence-corrected chi connectivity index (χ1v) is 5.26. The lowest BCUT2D eigenvalue weighted by molar-refractivity contribution is -0.126. The zero-order chi connectivity index (χ0) is 10.4. The third kappa shape index (κ3) is 2.96. The van der Waals surface area contributed by atoms with Crippen molar-refractivity contribution in [3.8, 4) is 0 Å². The molecule has 0 aromatic rings. The maximum absolute atomic E-state index is 11.7. The Morgan fingerprint density at radius 2 is 2.36 bits per heavy atom. The molecule has 1 aliphatic carbocycles. The highest BCUT2D eigenvalue weighted by atomic mass is 16.5. The third-order valence-electron chi connectivity index (χ3n) is 2.90. The summed E-state index contributed by atoms with van der Waals surface area (Å²) in [4.78, 5) is 11.7. The fraction of sp³-hybridized carbons (Fsp3) is 0.900. The number of nitrogens with two attached hydrogens (primary N) is 1. The summed E-state index contributed by atoms with van der Waals surface area (Å²) in [5, 5.41) is 2.87. The zero-order valence-electron chi connectivity index (χ0n) is 8.79. The van der Waals surface area contributed by atoms with E-state index in [0.29, 0.717) is 25.6 Å². The Kier molecular flexibility index (Phi) is 4.90. The van der Waals surface area contributed by atoms with Crippen molar-refractivity contribution in [2.75, 3.05) is 26.8 Å². The molecule has 1 amide bonds. The molecule has 0 saturated heterocycles. The van der Waals surface area contributed by atoms with Crippen molar-refractivity contribution in [1.29, 1.82) is 0 Å². The van der Waals surface area contributed by atoms with E-state index in [1.165, 1.54) is 0 Å². The van der Waals surface area contributed by atoms with Crippen LogP contribution in [0, 0.1) is 11.8 Å². The molecule has 0 aromatic heterocycles.